The Balaban J connectivity index is 2.52. The molecule has 1 heterocycles. The molecule has 10 heavy (non-hydrogen) atoms. The second-order valence-corrected chi connectivity index (χ2v) is 3.51. The molecule has 0 saturated heterocycles. The van der Waals surface area contributed by atoms with Gasteiger partial charge in [0.05, 0.1) is 0 Å². The molecular formula is C7H5NS2. The predicted octanol–water partition coefficient (Wildman–Crippen LogP) is 2.41. The number of aromatic nitrogens is 1. The Kier molecular flexibility index (Phi) is 3.20. The molecule has 1 nitrogen and oxygen atoms in total. The van der Waals surface area contributed by atoms with Gasteiger partial charge in [-0.3, -0.25) is 4.98 Å². The third kappa shape index (κ3) is 2.34. The van der Waals surface area contributed by atoms with Gasteiger partial charge in [-0.2, -0.15) is 0 Å². The van der Waals surface area contributed by atoms with Crippen molar-refractivity contribution in [1.29, 1.82) is 0 Å². The molecule has 50 valence electrons. The van der Waals surface area contributed by atoms with Crippen LogP contribution in [0.5, 0.6) is 0 Å². The van der Waals surface area contributed by atoms with Crippen LogP contribution in [0.1, 0.15) is 0 Å². The molecule has 0 saturated carbocycles. The molecule has 0 amide bonds. The lowest BCUT2D eigenvalue weighted by Crippen LogP contribution is -1.68. The normalized spacial score (nSPS) is 8.70. The molecule has 0 spiro atoms. The summed E-state index contributed by atoms with van der Waals surface area (Å²) in [5, 5.41) is 2.47. The highest BCUT2D eigenvalue weighted by Gasteiger charge is 1.88. The van der Waals surface area contributed by atoms with Crippen LogP contribution in [0.25, 0.3) is 0 Å². The van der Waals surface area contributed by atoms with Crippen molar-refractivity contribution in [3.05, 3.63) is 24.5 Å². The molecule has 0 aliphatic heterocycles. The van der Waals surface area contributed by atoms with E-state index in [0.29, 0.717) is 0 Å². The summed E-state index contributed by atoms with van der Waals surface area (Å²) in [7, 11) is 2.90. The highest BCUT2D eigenvalue weighted by molar-refractivity contribution is 8.78. The molecule has 3 heteroatoms. The summed E-state index contributed by atoms with van der Waals surface area (Å²) in [4.78, 5) is 5.02. The first-order valence-corrected chi connectivity index (χ1v) is 4.77. The minimum atomic E-state index is 1.09. The highest BCUT2D eigenvalue weighted by Crippen LogP contribution is 2.28. The molecule has 1 aromatic rings. The van der Waals surface area contributed by atoms with Crippen molar-refractivity contribution in [1.82, 2.24) is 4.98 Å². The summed E-state index contributed by atoms with van der Waals surface area (Å²) in [5.74, 6) is 0. The average molecular weight is 167 g/mol. The number of hydrogen-bond acceptors (Lipinski definition) is 3. The van der Waals surface area contributed by atoms with E-state index in [2.05, 4.69) is 10.2 Å². The van der Waals surface area contributed by atoms with Crippen molar-refractivity contribution >= 4 is 21.6 Å². The Morgan fingerprint density at radius 1 is 1.60 bits per heavy atom. The summed E-state index contributed by atoms with van der Waals surface area (Å²) >= 11 is 0. The van der Waals surface area contributed by atoms with Crippen molar-refractivity contribution in [3.8, 4) is 11.7 Å². The number of terminal acetylenes is 1. The Morgan fingerprint density at radius 3 is 3.10 bits per heavy atom. The molecule has 0 atom stereocenters. The van der Waals surface area contributed by atoms with E-state index in [4.69, 9.17) is 6.42 Å². The van der Waals surface area contributed by atoms with Crippen LogP contribution in [0.4, 0.5) is 0 Å². The van der Waals surface area contributed by atoms with E-state index in [-0.39, 0.29) is 0 Å². The zero-order valence-electron chi connectivity index (χ0n) is 5.15. The van der Waals surface area contributed by atoms with Gasteiger partial charge in [0.25, 0.3) is 0 Å². The van der Waals surface area contributed by atoms with Gasteiger partial charge in [0, 0.05) is 17.3 Å². The predicted molar refractivity (Wildman–Crippen MR) is 46.5 cm³/mol. The molecule has 0 N–H and O–H groups in total. The molecule has 0 aromatic carbocycles. The van der Waals surface area contributed by atoms with Crippen molar-refractivity contribution < 1.29 is 0 Å². The van der Waals surface area contributed by atoms with Crippen molar-refractivity contribution in [2.75, 3.05) is 0 Å². The Morgan fingerprint density at radius 2 is 2.50 bits per heavy atom. The van der Waals surface area contributed by atoms with Gasteiger partial charge in [-0.25, -0.2) is 0 Å². The summed E-state index contributed by atoms with van der Waals surface area (Å²) in [6, 6.07) is 3.86. The fourth-order valence-corrected chi connectivity index (χ4v) is 1.58. The monoisotopic (exact) mass is 167 g/mol. The first kappa shape index (κ1) is 7.52. The van der Waals surface area contributed by atoms with E-state index in [9.17, 15) is 0 Å². The van der Waals surface area contributed by atoms with Crippen LogP contribution < -0.4 is 0 Å². The summed E-state index contributed by atoms with van der Waals surface area (Å²) in [5.41, 5.74) is 0. The minimum absolute atomic E-state index is 1.09. The first-order chi connectivity index (χ1) is 4.93. The SMILES string of the molecule is C#CSSc1cccnc1. The average Bonchev–Trinajstić information content (AvgIpc) is 2.03. The van der Waals surface area contributed by atoms with Gasteiger partial charge in [0.1, 0.15) is 0 Å². The zero-order chi connectivity index (χ0) is 7.23. The van der Waals surface area contributed by atoms with E-state index in [1.165, 1.54) is 21.6 Å². The lowest BCUT2D eigenvalue weighted by molar-refractivity contribution is 1.24. The van der Waals surface area contributed by atoms with Crippen LogP contribution in [0.3, 0.4) is 0 Å². The maximum Gasteiger partial charge on any atom is 0.0412 e. The van der Waals surface area contributed by atoms with Crippen molar-refractivity contribution in [2.45, 2.75) is 4.90 Å². The number of hydrogen-bond donors (Lipinski definition) is 0. The van der Waals surface area contributed by atoms with Gasteiger partial charge in [-0.05, 0) is 39.0 Å². The topological polar surface area (TPSA) is 12.9 Å². The quantitative estimate of drug-likeness (QED) is 0.496. The molecule has 0 bridgehead atoms. The van der Waals surface area contributed by atoms with Crippen molar-refractivity contribution in [2.24, 2.45) is 0 Å². The van der Waals surface area contributed by atoms with Gasteiger partial charge >= 0.3 is 0 Å². The number of nitrogens with zero attached hydrogens (tertiary/aromatic N) is 1. The third-order valence-electron chi connectivity index (χ3n) is 0.820. The second-order valence-electron chi connectivity index (χ2n) is 1.47. The van der Waals surface area contributed by atoms with Crippen LogP contribution in [-0.2, 0) is 0 Å². The van der Waals surface area contributed by atoms with Crippen LogP contribution >= 0.6 is 21.6 Å². The minimum Gasteiger partial charge on any atom is -0.264 e. The lowest BCUT2D eigenvalue weighted by Gasteiger charge is -1.91. The fraction of sp³-hybridized carbons (Fsp3) is 0. The maximum absolute atomic E-state index is 5.05. The first-order valence-electron chi connectivity index (χ1n) is 2.62. The van der Waals surface area contributed by atoms with Crippen LogP contribution in [-0.4, -0.2) is 4.98 Å². The van der Waals surface area contributed by atoms with E-state index in [0.717, 1.165) is 4.90 Å². The number of rotatable bonds is 2. The molecule has 1 rings (SSSR count). The largest absolute Gasteiger partial charge is 0.264 e. The Bertz CT molecular complexity index is 227. The number of pyridine rings is 1. The molecular weight excluding hydrogens is 162 g/mol. The van der Waals surface area contributed by atoms with E-state index < -0.39 is 0 Å². The maximum atomic E-state index is 5.05. The second kappa shape index (κ2) is 4.26. The summed E-state index contributed by atoms with van der Waals surface area (Å²) < 4.78 is 0. The smallest absolute Gasteiger partial charge is 0.0412 e. The van der Waals surface area contributed by atoms with E-state index in [1.54, 1.807) is 12.4 Å². The Hall–Kier alpha value is -0.590. The summed E-state index contributed by atoms with van der Waals surface area (Å²) in [6.07, 6.45) is 8.58. The van der Waals surface area contributed by atoms with Crippen molar-refractivity contribution in [3.63, 3.8) is 0 Å². The van der Waals surface area contributed by atoms with Gasteiger partial charge in [0.15, 0.2) is 0 Å². The third-order valence-corrected chi connectivity index (χ3v) is 2.55. The molecule has 0 radical (unpaired) electrons. The highest BCUT2D eigenvalue weighted by atomic mass is 33.1. The molecule has 0 unspecified atom stereocenters. The van der Waals surface area contributed by atoms with Crippen LogP contribution in [0.15, 0.2) is 29.4 Å². The Labute approximate surface area is 68.0 Å². The van der Waals surface area contributed by atoms with Gasteiger partial charge in [-0.1, -0.05) is 0 Å². The zero-order valence-corrected chi connectivity index (χ0v) is 6.78. The molecule has 0 aliphatic carbocycles. The van der Waals surface area contributed by atoms with E-state index in [1.807, 2.05) is 12.1 Å². The molecule has 0 aliphatic rings. The van der Waals surface area contributed by atoms with Crippen LogP contribution in [0.2, 0.25) is 0 Å². The molecule has 0 fully saturated rings. The molecule has 1 aromatic heterocycles. The lowest BCUT2D eigenvalue weighted by atomic mass is 10.5. The standard InChI is InChI=1S/C7H5NS2/c1-2-9-10-7-4-3-5-8-6-7/h1,3-6H. The van der Waals surface area contributed by atoms with Gasteiger partial charge in [-0.15, -0.1) is 6.42 Å². The summed E-state index contributed by atoms with van der Waals surface area (Å²) in [6.45, 7) is 0. The van der Waals surface area contributed by atoms with Gasteiger partial charge < -0.3 is 0 Å². The van der Waals surface area contributed by atoms with Gasteiger partial charge in [0.2, 0.25) is 0 Å². The fourth-order valence-electron chi connectivity index (χ4n) is 0.469. The van der Waals surface area contributed by atoms with E-state index >= 15 is 0 Å². The van der Waals surface area contributed by atoms with Crippen LogP contribution in [0, 0.1) is 11.7 Å².